The fourth-order valence-corrected chi connectivity index (χ4v) is 1.75. The third-order valence-corrected chi connectivity index (χ3v) is 2.75. The molecule has 0 radical (unpaired) electrons. The first-order valence-corrected chi connectivity index (χ1v) is 7.17. The first-order chi connectivity index (χ1) is 11.0. The van der Waals surface area contributed by atoms with Crippen LogP contribution in [0, 0.1) is 0 Å². The Morgan fingerprint density at radius 1 is 1.17 bits per heavy atom. The molecule has 0 saturated carbocycles. The summed E-state index contributed by atoms with van der Waals surface area (Å²) in [6, 6.07) is -1.38. The maximum absolute atomic E-state index is 11.8. The number of rotatable bonds is 5. The van der Waals surface area contributed by atoms with Crippen molar-refractivity contribution >= 4 is 29.8 Å². The van der Waals surface area contributed by atoms with Crippen molar-refractivity contribution in [3.8, 4) is 0 Å². The highest BCUT2D eigenvalue weighted by Gasteiger charge is 2.35. The van der Waals surface area contributed by atoms with E-state index in [-0.39, 0.29) is 12.8 Å². The molecule has 0 aliphatic carbocycles. The average Bonchev–Trinajstić information content (AvgIpc) is 2.75. The zero-order valence-corrected chi connectivity index (χ0v) is 13.9. The number of hydroxylamine groups is 2. The summed E-state index contributed by atoms with van der Waals surface area (Å²) < 4.78 is 9.48. The van der Waals surface area contributed by atoms with Crippen molar-refractivity contribution in [2.45, 2.75) is 51.7 Å². The lowest BCUT2D eigenvalue weighted by atomic mass is 10.2. The lowest BCUT2D eigenvalue weighted by Crippen LogP contribution is -2.46. The number of carbonyl (C=O) groups excluding carboxylic acids is 5. The highest BCUT2D eigenvalue weighted by molar-refractivity contribution is 6.01. The molecule has 134 valence electrons. The van der Waals surface area contributed by atoms with Crippen molar-refractivity contribution in [3.05, 3.63) is 0 Å². The molecular weight excluding hydrogens is 324 g/mol. The van der Waals surface area contributed by atoms with Crippen LogP contribution in [0.3, 0.4) is 0 Å². The summed E-state index contributed by atoms with van der Waals surface area (Å²) in [5.74, 6) is -3.26. The monoisotopic (exact) mass is 344 g/mol. The number of imide groups is 1. The van der Waals surface area contributed by atoms with Crippen molar-refractivity contribution in [1.82, 2.24) is 10.4 Å². The van der Waals surface area contributed by atoms with E-state index in [1.165, 1.54) is 0 Å². The highest BCUT2D eigenvalue weighted by atomic mass is 16.7. The zero-order chi connectivity index (χ0) is 18.5. The van der Waals surface area contributed by atoms with Gasteiger partial charge in [-0.05, 0) is 20.8 Å². The lowest BCUT2D eigenvalue weighted by molar-refractivity contribution is -0.198. The first-order valence-electron chi connectivity index (χ1n) is 7.17. The minimum absolute atomic E-state index is 0.0529. The molecule has 24 heavy (non-hydrogen) atoms. The maximum atomic E-state index is 11.8. The molecule has 0 aromatic heterocycles. The predicted molar refractivity (Wildman–Crippen MR) is 77.0 cm³/mol. The second-order valence-electron chi connectivity index (χ2n) is 5.97. The number of esters is 1. The standard InChI is InChI=1S/C14H20N2O8/c1-14(2,3)23-13(21)15-8(12(20)22-4)7-11(19)24-16-9(17)5-6-10(16)18/h8H,5-7H2,1-4H3,(H,15,21)/t8-/m1/s1. The topological polar surface area (TPSA) is 128 Å². The summed E-state index contributed by atoms with van der Waals surface area (Å²) in [4.78, 5) is 62.6. The Bertz CT molecular complexity index is 535. The average molecular weight is 344 g/mol. The molecule has 1 N–H and O–H groups in total. The molecule has 0 unspecified atom stereocenters. The van der Waals surface area contributed by atoms with E-state index in [0.717, 1.165) is 7.11 Å². The largest absolute Gasteiger partial charge is 0.467 e. The molecule has 10 nitrogen and oxygen atoms in total. The van der Waals surface area contributed by atoms with Gasteiger partial charge >= 0.3 is 18.0 Å². The van der Waals surface area contributed by atoms with E-state index in [2.05, 4.69) is 14.9 Å². The van der Waals surface area contributed by atoms with Crippen molar-refractivity contribution in [3.63, 3.8) is 0 Å². The molecule has 1 aliphatic rings. The van der Waals surface area contributed by atoms with Gasteiger partial charge in [0, 0.05) is 12.8 Å². The van der Waals surface area contributed by atoms with Crippen molar-refractivity contribution in [2.75, 3.05) is 7.11 Å². The Kier molecular flexibility index (Phi) is 6.27. The normalized spacial score (nSPS) is 15.8. The number of ether oxygens (including phenoxy) is 2. The van der Waals surface area contributed by atoms with E-state index in [0.29, 0.717) is 5.06 Å². The van der Waals surface area contributed by atoms with Gasteiger partial charge in [0.25, 0.3) is 11.8 Å². The van der Waals surface area contributed by atoms with E-state index >= 15 is 0 Å². The lowest BCUT2D eigenvalue weighted by Gasteiger charge is -2.22. The van der Waals surface area contributed by atoms with Crippen molar-refractivity contribution in [1.29, 1.82) is 0 Å². The molecule has 10 heteroatoms. The smallest absolute Gasteiger partial charge is 0.408 e. The van der Waals surface area contributed by atoms with Crippen LogP contribution < -0.4 is 5.32 Å². The van der Waals surface area contributed by atoms with Crippen LogP contribution in [0.5, 0.6) is 0 Å². The molecule has 1 aliphatic heterocycles. The highest BCUT2D eigenvalue weighted by Crippen LogP contribution is 2.13. The van der Waals surface area contributed by atoms with Gasteiger partial charge in [0.15, 0.2) is 0 Å². The van der Waals surface area contributed by atoms with E-state index in [1.54, 1.807) is 20.8 Å². The van der Waals surface area contributed by atoms with Crippen LogP contribution in [0.1, 0.15) is 40.0 Å². The van der Waals surface area contributed by atoms with Crippen LogP contribution >= 0.6 is 0 Å². The van der Waals surface area contributed by atoms with Crippen LogP contribution in [-0.2, 0) is 33.5 Å². The minimum Gasteiger partial charge on any atom is -0.467 e. The number of carbonyl (C=O) groups is 5. The van der Waals surface area contributed by atoms with Crippen LogP contribution in [0.4, 0.5) is 4.79 Å². The van der Waals surface area contributed by atoms with Crippen LogP contribution in [0.15, 0.2) is 0 Å². The van der Waals surface area contributed by atoms with Crippen LogP contribution in [-0.4, -0.2) is 53.7 Å². The van der Waals surface area contributed by atoms with Gasteiger partial charge in [-0.2, -0.15) is 0 Å². The van der Waals surface area contributed by atoms with Crippen LogP contribution in [0.25, 0.3) is 0 Å². The van der Waals surface area contributed by atoms with Gasteiger partial charge in [-0.25, -0.2) is 14.4 Å². The van der Waals surface area contributed by atoms with E-state index in [1.807, 2.05) is 0 Å². The second kappa shape index (κ2) is 7.75. The summed E-state index contributed by atoms with van der Waals surface area (Å²) >= 11 is 0. The number of alkyl carbamates (subject to hydrolysis) is 1. The molecular formula is C14H20N2O8. The molecule has 0 bridgehead atoms. The molecule has 1 saturated heterocycles. The third-order valence-electron chi connectivity index (χ3n) is 2.75. The summed E-state index contributed by atoms with van der Waals surface area (Å²) in [6.45, 7) is 4.87. The van der Waals surface area contributed by atoms with Gasteiger partial charge in [-0.3, -0.25) is 9.59 Å². The fourth-order valence-electron chi connectivity index (χ4n) is 1.75. The van der Waals surface area contributed by atoms with Gasteiger partial charge in [-0.1, -0.05) is 0 Å². The quantitative estimate of drug-likeness (QED) is 0.547. The predicted octanol–water partition coefficient (Wildman–Crippen LogP) is 0.0500. The zero-order valence-electron chi connectivity index (χ0n) is 13.9. The Morgan fingerprint density at radius 2 is 1.71 bits per heavy atom. The Morgan fingerprint density at radius 3 is 2.17 bits per heavy atom. The second-order valence-corrected chi connectivity index (χ2v) is 5.97. The SMILES string of the molecule is COC(=O)[C@@H](CC(=O)ON1C(=O)CCC1=O)NC(=O)OC(C)(C)C. The summed E-state index contributed by atoms with van der Waals surface area (Å²) in [5, 5.41) is 2.53. The Balaban J connectivity index is 2.67. The molecule has 1 atom stereocenters. The maximum Gasteiger partial charge on any atom is 0.408 e. The van der Waals surface area contributed by atoms with Crippen LogP contribution in [0.2, 0.25) is 0 Å². The first kappa shape index (κ1) is 19.4. The number of hydrogen-bond donors (Lipinski definition) is 1. The third kappa shape index (κ3) is 5.86. The number of hydrogen-bond acceptors (Lipinski definition) is 8. The molecule has 1 fully saturated rings. The van der Waals surface area contributed by atoms with E-state index < -0.39 is 47.9 Å². The van der Waals surface area contributed by atoms with Gasteiger partial charge < -0.3 is 19.6 Å². The Labute approximate surface area is 138 Å². The number of nitrogens with one attached hydrogen (secondary N) is 1. The van der Waals surface area contributed by atoms with Gasteiger partial charge in [0.2, 0.25) is 0 Å². The Hall–Kier alpha value is -2.65. The van der Waals surface area contributed by atoms with Crippen molar-refractivity contribution in [2.24, 2.45) is 0 Å². The van der Waals surface area contributed by atoms with Gasteiger partial charge in [0.1, 0.15) is 11.6 Å². The van der Waals surface area contributed by atoms with Gasteiger partial charge in [-0.15, -0.1) is 5.06 Å². The van der Waals surface area contributed by atoms with Crippen molar-refractivity contribution < 1.29 is 38.3 Å². The molecule has 3 amide bonds. The number of nitrogens with zero attached hydrogens (tertiary/aromatic N) is 1. The minimum atomic E-state index is -1.38. The molecule has 0 aromatic carbocycles. The molecule has 0 aromatic rings. The summed E-state index contributed by atoms with van der Waals surface area (Å²) in [6.07, 6.45) is -1.67. The number of amides is 3. The number of methoxy groups -OCH3 is 1. The molecule has 0 spiro atoms. The molecule has 1 rings (SSSR count). The van der Waals surface area contributed by atoms with E-state index in [9.17, 15) is 24.0 Å². The van der Waals surface area contributed by atoms with E-state index in [4.69, 9.17) is 4.74 Å². The van der Waals surface area contributed by atoms with Gasteiger partial charge in [0.05, 0.1) is 13.5 Å². The summed E-state index contributed by atoms with van der Waals surface area (Å²) in [7, 11) is 1.07. The fraction of sp³-hybridized carbons (Fsp3) is 0.643. The molecule has 1 heterocycles. The summed E-state index contributed by atoms with van der Waals surface area (Å²) in [5.41, 5.74) is -0.806.